The van der Waals surface area contributed by atoms with E-state index in [-0.39, 0.29) is 24.3 Å². The van der Waals surface area contributed by atoms with Gasteiger partial charge < -0.3 is 10.0 Å². The van der Waals surface area contributed by atoms with Crippen molar-refractivity contribution >= 4 is 11.8 Å². The Morgan fingerprint density at radius 1 is 1.52 bits per heavy atom. The van der Waals surface area contributed by atoms with E-state index in [2.05, 4.69) is 4.98 Å². The van der Waals surface area contributed by atoms with Gasteiger partial charge in [-0.3, -0.25) is 4.79 Å². The van der Waals surface area contributed by atoms with E-state index in [1.165, 1.54) is 4.90 Å². The average Bonchev–Trinajstić information content (AvgIpc) is 2.37. The van der Waals surface area contributed by atoms with Gasteiger partial charge in [0.25, 0.3) is 0 Å². The number of aromatic nitrogens is 1. The summed E-state index contributed by atoms with van der Waals surface area (Å²) in [6.07, 6.45) is -4.89. The van der Waals surface area contributed by atoms with Gasteiger partial charge in [-0.2, -0.15) is 18.4 Å². The van der Waals surface area contributed by atoms with E-state index in [4.69, 9.17) is 10.4 Å². The average molecular weight is 301 g/mol. The molecule has 0 aliphatic rings. The van der Waals surface area contributed by atoms with Crippen LogP contribution in [-0.4, -0.2) is 28.6 Å². The summed E-state index contributed by atoms with van der Waals surface area (Å²) >= 11 is 0. The molecule has 1 unspecified atom stereocenters. The van der Waals surface area contributed by atoms with Crippen molar-refractivity contribution in [2.24, 2.45) is 0 Å². The van der Waals surface area contributed by atoms with Crippen molar-refractivity contribution < 1.29 is 23.1 Å². The summed E-state index contributed by atoms with van der Waals surface area (Å²) in [5.41, 5.74) is -1.14. The number of halogens is 3. The van der Waals surface area contributed by atoms with Crippen molar-refractivity contribution in [1.29, 1.82) is 5.26 Å². The fourth-order valence-electron chi connectivity index (χ4n) is 1.95. The minimum atomic E-state index is -4.63. The number of carboxylic acid groups (broad SMARTS) is 1. The van der Waals surface area contributed by atoms with Gasteiger partial charge in [0.1, 0.15) is 17.6 Å². The third-order valence-corrected chi connectivity index (χ3v) is 2.90. The lowest BCUT2D eigenvalue weighted by Gasteiger charge is -2.29. The maximum absolute atomic E-state index is 12.7. The van der Waals surface area contributed by atoms with Gasteiger partial charge in [-0.1, -0.05) is 0 Å². The molecule has 1 aromatic heterocycles. The van der Waals surface area contributed by atoms with Gasteiger partial charge in [-0.05, 0) is 26.0 Å². The Labute approximate surface area is 119 Å². The number of hydrogen-bond acceptors (Lipinski definition) is 4. The second-order valence-corrected chi connectivity index (χ2v) is 4.41. The van der Waals surface area contributed by atoms with Crippen molar-refractivity contribution in [2.45, 2.75) is 32.5 Å². The van der Waals surface area contributed by atoms with Crippen molar-refractivity contribution in [3.63, 3.8) is 0 Å². The normalized spacial score (nSPS) is 12.6. The van der Waals surface area contributed by atoms with Crippen molar-refractivity contribution in [1.82, 2.24) is 4.98 Å². The van der Waals surface area contributed by atoms with E-state index in [0.29, 0.717) is 0 Å². The molecule has 0 aliphatic heterocycles. The molecule has 0 amide bonds. The number of nitriles is 1. The zero-order valence-corrected chi connectivity index (χ0v) is 11.5. The van der Waals surface area contributed by atoms with Crippen LogP contribution in [0.5, 0.6) is 0 Å². The Kier molecular flexibility index (Phi) is 5.13. The molecule has 1 aromatic rings. The highest BCUT2D eigenvalue weighted by atomic mass is 19.4. The number of carbonyl (C=O) groups is 1. The number of carboxylic acids is 1. The van der Waals surface area contributed by atoms with Gasteiger partial charge in [0.2, 0.25) is 0 Å². The molecule has 1 atom stereocenters. The van der Waals surface area contributed by atoms with Gasteiger partial charge in [0.15, 0.2) is 0 Å². The van der Waals surface area contributed by atoms with E-state index in [9.17, 15) is 18.0 Å². The van der Waals surface area contributed by atoms with Crippen LogP contribution >= 0.6 is 0 Å². The quantitative estimate of drug-likeness (QED) is 0.904. The molecule has 0 bridgehead atoms. The first-order chi connectivity index (χ1) is 9.70. The lowest BCUT2D eigenvalue weighted by molar-refractivity contribution is -0.141. The van der Waals surface area contributed by atoms with Gasteiger partial charge in [-0.15, -0.1) is 0 Å². The van der Waals surface area contributed by atoms with Crippen molar-refractivity contribution in [2.75, 3.05) is 11.4 Å². The number of hydrogen-bond donors (Lipinski definition) is 1. The molecule has 0 aliphatic carbocycles. The highest BCUT2D eigenvalue weighted by Gasteiger charge is 2.34. The molecular formula is C13H14F3N3O2. The number of alkyl halides is 3. The summed E-state index contributed by atoms with van der Waals surface area (Å²) in [5.74, 6) is -1.23. The van der Waals surface area contributed by atoms with Crippen LogP contribution in [-0.2, 0) is 11.0 Å². The van der Waals surface area contributed by atoms with Crippen LogP contribution in [0.25, 0.3) is 0 Å². The topological polar surface area (TPSA) is 77.2 Å². The molecule has 0 aromatic carbocycles. The lowest BCUT2D eigenvalue weighted by Crippen LogP contribution is -2.36. The second-order valence-electron chi connectivity index (χ2n) is 4.41. The Morgan fingerprint density at radius 3 is 2.57 bits per heavy atom. The molecule has 21 heavy (non-hydrogen) atoms. The summed E-state index contributed by atoms with van der Waals surface area (Å²) in [5, 5.41) is 17.8. The van der Waals surface area contributed by atoms with E-state index in [0.717, 1.165) is 12.1 Å². The third kappa shape index (κ3) is 4.08. The van der Waals surface area contributed by atoms with Crippen LogP contribution in [0.3, 0.4) is 0 Å². The summed E-state index contributed by atoms with van der Waals surface area (Å²) in [6.45, 7) is 3.44. The fraction of sp³-hybridized carbons (Fsp3) is 0.462. The van der Waals surface area contributed by atoms with Gasteiger partial charge in [0, 0.05) is 12.6 Å². The Hall–Kier alpha value is -2.30. The molecule has 1 heterocycles. The minimum absolute atomic E-state index is 0.0258. The lowest BCUT2D eigenvalue weighted by atomic mass is 10.1. The summed E-state index contributed by atoms with van der Waals surface area (Å²) in [7, 11) is 0. The Morgan fingerprint density at radius 2 is 2.14 bits per heavy atom. The van der Waals surface area contributed by atoms with Crippen LogP contribution in [0.2, 0.25) is 0 Å². The van der Waals surface area contributed by atoms with Crippen LogP contribution in [0.4, 0.5) is 19.0 Å². The molecule has 0 spiro atoms. The summed E-state index contributed by atoms with van der Waals surface area (Å²) < 4.78 is 38.2. The van der Waals surface area contributed by atoms with Crippen molar-refractivity contribution in [3.05, 3.63) is 23.4 Å². The Bertz CT molecular complexity index is 567. The first-order valence-corrected chi connectivity index (χ1v) is 6.17. The summed E-state index contributed by atoms with van der Waals surface area (Å²) in [4.78, 5) is 15.6. The molecule has 1 rings (SSSR count). The molecule has 5 nitrogen and oxygen atoms in total. The van der Waals surface area contributed by atoms with E-state index < -0.39 is 23.9 Å². The molecule has 0 fully saturated rings. The minimum Gasteiger partial charge on any atom is -0.481 e. The summed E-state index contributed by atoms with van der Waals surface area (Å²) in [6, 6.07) is 2.97. The molecular weight excluding hydrogens is 287 g/mol. The van der Waals surface area contributed by atoms with E-state index >= 15 is 0 Å². The highest BCUT2D eigenvalue weighted by molar-refractivity contribution is 5.68. The smallest absolute Gasteiger partial charge is 0.433 e. The first-order valence-electron chi connectivity index (χ1n) is 6.17. The Balaban J connectivity index is 3.30. The monoisotopic (exact) mass is 301 g/mol. The largest absolute Gasteiger partial charge is 0.481 e. The highest BCUT2D eigenvalue weighted by Crippen LogP contribution is 2.31. The number of anilines is 1. The van der Waals surface area contributed by atoms with Gasteiger partial charge in [0.05, 0.1) is 12.0 Å². The standard InChI is InChI=1S/C13H14F3N3O2/c1-3-19(8(2)6-11(20)21)12-9(7-17)4-5-10(18-12)13(14,15)16/h4-5,8H,3,6H2,1-2H3,(H,20,21). The van der Waals surface area contributed by atoms with Crippen LogP contribution in [0.1, 0.15) is 31.5 Å². The SMILES string of the molecule is CCN(c1nc(C(F)(F)F)ccc1C#N)C(C)CC(=O)O. The predicted octanol–water partition coefficient (Wildman–Crippen LogP) is 2.66. The van der Waals surface area contributed by atoms with Gasteiger partial charge >= 0.3 is 12.1 Å². The zero-order chi connectivity index (χ0) is 16.2. The van der Waals surface area contributed by atoms with Gasteiger partial charge in [-0.25, -0.2) is 4.98 Å². The molecule has 1 N–H and O–H groups in total. The molecule has 0 radical (unpaired) electrons. The van der Waals surface area contributed by atoms with Crippen LogP contribution in [0.15, 0.2) is 12.1 Å². The maximum Gasteiger partial charge on any atom is 0.433 e. The van der Waals surface area contributed by atoms with E-state index in [1.54, 1.807) is 19.9 Å². The number of rotatable bonds is 5. The number of aliphatic carboxylic acids is 1. The van der Waals surface area contributed by atoms with E-state index in [1.807, 2.05) is 0 Å². The molecule has 114 valence electrons. The third-order valence-electron chi connectivity index (χ3n) is 2.90. The molecule has 0 saturated heterocycles. The van der Waals surface area contributed by atoms with Crippen LogP contribution in [0, 0.1) is 11.3 Å². The fourth-order valence-corrected chi connectivity index (χ4v) is 1.95. The first kappa shape index (κ1) is 16.8. The number of pyridine rings is 1. The predicted molar refractivity (Wildman–Crippen MR) is 68.7 cm³/mol. The van der Waals surface area contributed by atoms with Crippen LogP contribution < -0.4 is 4.90 Å². The molecule has 0 saturated carbocycles. The van der Waals surface area contributed by atoms with Crippen molar-refractivity contribution in [3.8, 4) is 6.07 Å². The second kappa shape index (κ2) is 6.43. The maximum atomic E-state index is 12.7. The number of nitrogens with zero attached hydrogens (tertiary/aromatic N) is 3. The zero-order valence-electron chi connectivity index (χ0n) is 11.5. The molecule has 8 heteroatoms.